The van der Waals surface area contributed by atoms with Gasteiger partial charge in [0.15, 0.2) is 6.29 Å². The van der Waals surface area contributed by atoms with Crippen molar-refractivity contribution in [2.24, 2.45) is 0 Å². The maximum absolute atomic E-state index is 10.0. The van der Waals surface area contributed by atoms with Gasteiger partial charge < -0.3 is 15.3 Å². The molecule has 0 bridgehead atoms. The standard InChI is InChI=1S/C8H16O2.C3H8O2/c1-2-3-4-5-6-7-8(9)10;1-2-3(4)5/h2-7H2,1H3,(H,9,10);3-5H,2H2,1H3. The van der Waals surface area contributed by atoms with E-state index in [0.717, 1.165) is 12.8 Å². The fraction of sp³-hybridized carbons (Fsp3) is 0.909. The van der Waals surface area contributed by atoms with Crippen molar-refractivity contribution in [3.63, 3.8) is 0 Å². The predicted molar refractivity (Wildman–Crippen MR) is 59.5 cm³/mol. The van der Waals surface area contributed by atoms with Gasteiger partial charge in [0.25, 0.3) is 0 Å². The second-order valence-electron chi connectivity index (χ2n) is 3.45. The highest BCUT2D eigenvalue weighted by Crippen LogP contribution is 2.04. The van der Waals surface area contributed by atoms with Crippen LogP contribution < -0.4 is 0 Å². The maximum Gasteiger partial charge on any atom is 0.303 e. The van der Waals surface area contributed by atoms with Crippen LogP contribution in [-0.4, -0.2) is 27.6 Å². The lowest BCUT2D eigenvalue weighted by Gasteiger charge is -1.95. The molecule has 0 fully saturated rings. The third-order valence-corrected chi connectivity index (χ3v) is 1.86. The van der Waals surface area contributed by atoms with Crippen LogP contribution in [0.3, 0.4) is 0 Å². The van der Waals surface area contributed by atoms with Gasteiger partial charge in [-0.25, -0.2) is 0 Å². The van der Waals surface area contributed by atoms with Crippen molar-refractivity contribution in [2.75, 3.05) is 0 Å². The molecule has 0 amide bonds. The normalized spacial score (nSPS) is 9.67. The van der Waals surface area contributed by atoms with E-state index >= 15 is 0 Å². The van der Waals surface area contributed by atoms with E-state index in [1.807, 2.05) is 0 Å². The second-order valence-corrected chi connectivity index (χ2v) is 3.45. The Hall–Kier alpha value is -0.610. The van der Waals surface area contributed by atoms with Crippen LogP contribution in [0.2, 0.25) is 0 Å². The molecular weight excluding hydrogens is 196 g/mol. The summed E-state index contributed by atoms with van der Waals surface area (Å²) in [7, 11) is 0. The predicted octanol–water partition coefficient (Wildman–Crippen LogP) is 2.14. The van der Waals surface area contributed by atoms with Gasteiger partial charge in [-0.2, -0.15) is 0 Å². The zero-order valence-corrected chi connectivity index (χ0v) is 9.78. The van der Waals surface area contributed by atoms with Crippen LogP contribution in [0.25, 0.3) is 0 Å². The zero-order chi connectivity index (χ0) is 12.1. The molecule has 0 saturated carbocycles. The molecule has 0 rings (SSSR count). The van der Waals surface area contributed by atoms with E-state index in [2.05, 4.69) is 6.92 Å². The minimum absolute atomic E-state index is 0.337. The average Bonchev–Trinajstić information content (AvgIpc) is 2.18. The Bertz CT molecular complexity index is 135. The van der Waals surface area contributed by atoms with E-state index in [9.17, 15) is 4.79 Å². The molecule has 0 saturated heterocycles. The molecule has 0 unspecified atom stereocenters. The highest BCUT2D eigenvalue weighted by Gasteiger charge is 1.94. The molecule has 0 radical (unpaired) electrons. The van der Waals surface area contributed by atoms with Crippen molar-refractivity contribution < 1.29 is 20.1 Å². The quantitative estimate of drug-likeness (QED) is 0.453. The molecule has 4 heteroatoms. The molecule has 3 N–H and O–H groups in total. The minimum atomic E-state index is -1.12. The first kappa shape index (κ1) is 16.8. The largest absolute Gasteiger partial charge is 0.481 e. The van der Waals surface area contributed by atoms with Crippen molar-refractivity contribution in [3.05, 3.63) is 0 Å². The van der Waals surface area contributed by atoms with E-state index in [-0.39, 0.29) is 0 Å². The van der Waals surface area contributed by atoms with Gasteiger partial charge >= 0.3 is 5.97 Å². The Kier molecular flexibility index (Phi) is 15.0. The average molecular weight is 220 g/mol. The Morgan fingerprint density at radius 1 is 1.07 bits per heavy atom. The number of hydrogen-bond donors (Lipinski definition) is 3. The summed E-state index contributed by atoms with van der Waals surface area (Å²) in [6.07, 6.45) is 5.19. The van der Waals surface area contributed by atoms with Gasteiger partial charge in [0.05, 0.1) is 0 Å². The third kappa shape index (κ3) is 24.7. The lowest BCUT2D eigenvalue weighted by atomic mass is 10.1. The molecule has 0 aromatic rings. The molecule has 4 nitrogen and oxygen atoms in total. The Morgan fingerprint density at radius 2 is 1.53 bits per heavy atom. The second kappa shape index (κ2) is 13.4. The summed E-state index contributed by atoms with van der Waals surface area (Å²) >= 11 is 0. The number of aliphatic hydroxyl groups excluding tert-OH is 1. The molecule has 0 aromatic heterocycles. The molecule has 0 aliphatic rings. The number of rotatable bonds is 7. The summed E-state index contributed by atoms with van der Waals surface area (Å²) in [6.45, 7) is 3.85. The van der Waals surface area contributed by atoms with Crippen LogP contribution in [0.1, 0.15) is 58.8 Å². The summed E-state index contributed by atoms with van der Waals surface area (Å²) in [6, 6.07) is 0. The summed E-state index contributed by atoms with van der Waals surface area (Å²) in [4.78, 5) is 10.0. The van der Waals surface area contributed by atoms with Crippen molar-refractivity contribution >= 4 is 5.97 Å². The van der Waals surface area contributed by atoms with Crippen molar-refractivity contribution in [2.45, 2.75) is 65.1 Å². The number of aliphatic carboxylic acids is 1. The maximum atomic E-state index is 10.0. The van der Waals surface area contributed by atoms with Crippen LogP contribution in [0.4, 0.5) is 0 Å². The first-order valence-electron chi connectivity index (χ1n) is 5.62. The van der Waals surface area contributed by atoms with E-state index in [1.54, 1.807) is 6.92 Å². The molecule has 0 aliphatic carbocycles. The van der Waals surface area contributed by atoms with Gasteiger partial charge in [-0.3, -0.25) is 4.79 Å². The van der Waals surface area contributed by atoms with Gasteiger partial charge in [0, 0.05) is 6.42 Å². The Balaban J connectivity index is 0. The lowest BCUT2D eigenvalue weighted by molar-refractivity contribution is -0.137. The number of carboxylic acids is 1. The summed E-state index contributed by atoms with van der Waals surface area (Å²) in [5.74, 6) is -0.670. The highest BCUT2D eigenvalue weighted by atomic mass is 16.5. The molecule has 0 atom stereocenters. The highest BCUT2D eigenvalue weighted by molar-refractivity contribution is 5.66. The molecule has 0 spiro atoms. The number of carbonyl (C=O) groups is 1. The molecule has 15 heavy (non-hydrogen) atoms. The molecule has 92 valence electrons. The van der Waals surface area contributed by atoms with Crippen molar-refractivity contribution in [1.29, 1.82) is 0 Å². The first-order valence-corrected chi connectivity index (χ1v) is 5.62. The van der Waals surface area contributed by atoms with Gasteiger partial charge in [0.2, 0.25) is 0 Å². The number of aliphatic hydroxyl groups is 2. The van der Waals surface area contributed by atoms with Crippen LogP contribution in [0, 0.1) is 0 Å². The molecule has 0 heterocycles. The number of carboxylic acid groups (broad SMARTS) is 1. The number of unbranched alkanes of at least 4 members (excludes halogenated alkanes) is 4. The van der Waals surface area contributed by atoms with Gasteiger partial charge in [-0.1, -0.05) is 39.5 Å². The first-order chi connectivity index (χ1) is 7.04. The summed E-state index contributed by atoms with van der Waals surface area (Å²) < 4.78 is 0. The zero-order valence-electron chi connectivity index (χ0n) is 9.78. The van der Waals surface area contributed by atoms with E-state index < -0.39 is 12.3 Å². The summed E-state index contributed by atoms with van der Waals surface area (Å²) in [5, 5.41) is 24.1. The smallest absolute Gasteiger partial charge is 0.303 e. The molecule has 0 aromatic carbocycles. The fourth-order valence-electron chi connectivity index (χ4n) is 0.880. The fourth-order valence-corrected chi connectivity index (χ4v) is 0.880. The van der Waals surface area contributed by atoms with Crippen LogP contribution in [-0.2, 0) is 4.79 Å². The Morgan fingerprint density at radius 3 is 1.87 bits per heavy atom. The van der Waals surface area contributed by atoms with Gasteiger partial charge in [0.1, 0.15) is 0 Å². The van der Waals surface area contributed by atoms with Crippen LogP contribution in [0.5, 0.6) is 0 Å². The van der Waals surface area contributed by atoms with E-state index in [4.69, 9.17) is 15.3 Å². The van der Waals surface area contributed by atoms with E-state index in [1.165, 1.54) is 19.3 Å². The minimum Gasteiger partial charge on any atom is -0.481 e. The van der Waals surface area contributed by atoms with Gasteiger partial charge in [-0.05, 0) is 12.8 Å². The van der Waals surface area contributed by atoms with Crippen LogP contribution >= 0.6 is 0 Å². The molecular formula is C11H24O4. The third-order valence-electron chi connectivity index (χ3n) is 1.86. The topological polar surface area (TPSA) is 77.8 Å². The van der Waals surface area contributed by atoms with E-state index in [0.29, 0.717) is 12.8 Å². The molecule has 0 aliphatic heterocycles. The number of hydrogen-bond acceptors (Lipinski definition) is 3. The van der Waals surface area contributed by atoms with Crippen molar-refractivity contribution in [3.8, 4) is 0 Å². The van der Waals surface area contributed by atoms with Crippen molar-refractivity contribution in [1.82, 2.24) is 0 Å². The monoisotopic (exact) mass is 220 g/mol. The lowest BCUT2D eigenvalue weighted by Crippen LogP contribution is -1.99. The Labute approximate surface area is 91.9 Å². The summed E-state index contributed by atoms with van der Waals surface area (Å²) in [5.41, 5.74) is 0. The van der Waals surface area contributed by atoms with Crippen LogP contribution in [0.15, 0.2) is 0 Å². The van der Waals surface area contributed by atoms with Gasteiger partial charge in [-0.15, -0.1) is 0 Å². The SMILES string of the molecule is CCC(O)O.CCCCCCCC(=O)O.